The minimum atomic E-state index is 0.514. The Hall–Kier alpha value is -1.69. The maximum Gasteiger partial charge on any atom is 0.185 e. The molecule has 2 aliphatic rings. The lowest BCUT2D eigenvalue weighted by Crippen LogP contribution is -2.59. The minimum absolute atomic E-state index is 0.514. The van der Waals surface area contributed by atoms with Crippen molar-refractivity contribution in [3.8, 4) is 0 Å². The highest BCUT2D eigenvalue weighted by atomic mass is 32.1. The molecule has 2 aromatic heterocycles. The summed E-state index contributed by atoms with van der Waals surface area (Å²) in [6, 6.07) is 2.75. The number of fused-ring (bicyclic) bond motifs is 1. The summed E-state index contributed by atoms with van der Waals surface area (Å²) < 4.78 is 0. The maximum atomic E-state index is 4.66. The van der Waals surface area contributed by atoms with E-state index < -0.39 is 0 Å². The van der Waals surface area contributed by atoms with E-state index in [0.717, 1.165) is 42.6 Å². The summed E-state index contributed by atoms with van der Waals surface area (Å²) in [6.07, 6.45) is 3.48. The fraction of sp³-hybridized carbons (Fsp3) is 0.562. The van der Waals surface area contributed by atoms with E-state index in [1.807, 2.05) is 0 Å². The summed E-state index contributed by atoms with van der Waals surface area (Å²) in [6.45, 7) is 6.22. The molecule has 5 nitrogen and oxygen atoms in total. The molecule has 3 heterocycles. The Kier molecular flexibility index (Phi) is 3.29. The van der Waals surface area contributed by atoms with Crippen LogP contribution in [0.15, 0.2) is 6.07 Å². The van der Waals surface area contributed by atoms with Crippen molar-refractivity contribution >= 4 is 22.3 Å². The van der Waals surface area contributed by atoms with E-state index in [2.05, 4.69) is 51.9 Å². The minimum Gasteiger partial charge on any atom is -0.351 e. The van der Waals surface area contributed by atoms with Gasteiger partial charge in [0, 0.05) is 25.0 Å². The largest absolute Gasteiger partial charge is 0.351 e. The van der Waals surface area contributed by atoms with Crippen molar-refractivity contribution < 1.29 is 0 Å². The monoisotopic (exact) mass is 315 g/mol. The molecule has 1 fully saturated rings. The van der Waals surface area contributed by atoms with Crippen LogP contribution in [0.25, 0.3) is 0 Å². The number of thiazole rings is 1. The van der Waals surface area contributed by atoms with Crippen LogP contribution in [0.4, 0.5) is 10.9 Å². The second-order valence-corrected chi connectivity index (χ2v) is 7.52. The first-order valence-corrected chi connectivity index (χ1v) is 8.71. The van der Waals surface area contributed by atoms with Crippen LogP contribution in [-0.2, 0) is 12.8 Å². The van der Waals surface area contributed by atoms with E-state index in [-0.39, 0.29) is 0 Å². The summed E-state index contributed by atoms with van der Waals surface area (Å²) in [5, 5.41) is 9.92. The highest BCUT2D eigenvalue weighted by Crippen LogP contribution is 2.30. The standard InChI is InChI=1S/C16H21N5S/c1-10-11(2)22-16(17-10)20(3)13-8-21(9-13)15-7-12-5-4-6-14(12)18-19-15/h7,13H,4-6,8-9H2,1-3H3. The topological polar surface area (TPSA) is 45.2 Å². The van der Waals surface area contributed by atoms with Gasteiger partial charge in [0.2, 0.25) is 0 Å². The van der Waals surface area contributed by atoms with Crippen LogP contribution in [0, 0.1) is 13.8 Å². The van der Waals surface area contributed by atoms with Crippen LogP contribution in [-0.4, -0.2) is 41.4 Å². The Morgan fingerprint density at radius 1 is 1.23 bits per heavy atom. The van der Waals surface area contributed by atoms with Gasteiger partial charge in [0.05, 0.1) is 17.4 Å². The molecule has 0 spiro atoms. The van der Waals surface area contributed by atoms with E-state index in [4.69, 9.17) is 0 Å². The lowest BCUT2D eigenvalue weighted by molar-refractivity contribution is 0.489. The second kappa shape index (κ2) is 5.19. The van der Waals surface area contributed by atoms with Crippen LogP contribution in [0.1, 0.15) is 28.2 Å². The highest BCUT2D eigenvalue weighted by Gasteiger charge is 2.33. The molecule has 0 bridgehead atoms. The maximum absolute atomic E-state index is 4.66. The third-order valence-corrected chi connectivity index (χ3v) is 6.02. The number of hydrogen-bond acceptors (Lipinski definition) is 6. The number of nitrogens with zero attached hydrogens (tertiary/aromatic N) is 5. The smallest absolute Gasteiger partial charge is 0.185 e. The zero-order valence-electron chi connectivity index (χ0n) is 13.3. The molecule has 2 aromatic rings. The van der Waals surface area contributed by atoms with Crippen LogP contribution < -0.4 is 9.80 Å². The molecule has 116 valence electrons. The molecule has 0 N–H and O–H groups in total. The van der Waals surface area contributed by atoms with Crippen molar-refractivity contribution in [2.24, 2.45) is 0 Å². The summed E-state index contributed by atoms with van der Waals surface area (Å²) in [5.74, 6) is 1.04. The fourth-order valence-corrected chi connectivity index (χ4v) is 4.06. The first-order chi connectivity index (χ1) is 10.6. The Morgan fingerprint density at radius 3 is 2.77 bits per heavy atom. The van der Waals surface area contributed by atoms with Crippen LogP contribution >= 0.6 is 11.3 Å². The first-order valence-electron chi connectivity index (χ1n) is 7.89. The highest BCUT2D eigenvalue weighted by molar-refractivity contribution is 7.15. The molecule has 0 radical (unpaired) electrons. The summed E-state index contributed by atoms with van der Waals surface area (Å²) in [7, 11) is 2.15. The number of aryl methyl sites for hydroxylation is 4. The summed E-state index contributed by atoms with van der Waals surface area (Å²) >= 11 is 1.78. The number of likely N-dealkylation sites (N-methyl/N-ethyl adjacent to an activating group) is 1. The van der Waals surface area contributed by atoms with Gasteiger partial charge in [-0.3, -0.25) is 0 Å². The van der Waals surface area contributed by atoms with Gasteiger partial charge in [0.25, 0.3) is 0 Å². The van der Waals surface area contributed by atoms with Gasteiger partial charge in [-0.2, -0.15) is 5.10 Å². The molecular formula is C16H21N5S. The molecule has 6 heteroatoms. The van der Waals surface area contributed by atoms with Gasteiger partial charge in [-0.1, -0.05) is 0 Å². The number of hydrogen-bond donors (Lipinski definition) is 0. The molecule has 0 atom stereocenters. The van der Waals surface area contributed by atoms with Crippen LogP contribution in [0.3, 0.4) is 0 Å². The van der Waals surface area contributed by atoms with Gasteiger partial charge >= 0.3 is 0 Å². The number of aromatic nitrogens is 3. The zero-order valence-corrected chi connectivity index (χ0v) is 14.2. The second-order valence-electron chi connectivity index (χ2n) is 6.34. The third-order valence-electron chi connectivity index (χ3n) is 4.86. The lowest BCUT2D eigenvalue weighted by atomic mass is 10.1. The van der Waals surface area contributed by atoms with Gasteiger partial charge in [0.15, 0.2) is 10.9 Å². The van der Waals surface area contributed by atoms with E-state index in [0.29, 0.717) is 6.04 Å². The Labute approximate surface area is 135 Å². The molecule has 1 saturated heterocycles. The normalized spacial score (nSPS) is 17.5. The molecule has 1 aliphatic heterocycles. The Bertz CT molecular complexity index is 685. The molecule has 0 unspecified atom stereocenters. The molecule has 0 aromatic carbocycles. The molecule has 22 heavy (non-hydrogen) atoms. The van der Waals surface area contributed by atoms with E-state index in [9.17, 15) is 0 Å². The predicted octanol–water partition coefficient (Wildman–Crippen LogP) is 2.36. The quantitative estimate of drug-likeness (QED) is 0.870. The first kappa shape index (κ1) is 13.9. The predicted molar refractivity (Wildman–Crippen MR) is 90.0 cm³/mol. The van der Waals surface area contributed by atoms with Crippen molar-refractivity contribution in [3.63, 3.8) is 0 Å². The Morgan fingerprint density at radius 2 is 2.05 bits per heavy atom. The number of rotatable bonds is 3. The molecule has 0 amide bonds. The van der Waals surface area contributed by atoms with Gasteiger partial charge in [-0.25, -0.2) is 4.98 Å². The Balaban J connectivity index is 1.43. The average molecular weight is 315 g/mol. The van der Waals surface area contributed by atoms with Gasteiger partial charge in [0.1, 0.15) is 0 Å². The summed E-state index contributed by atoms with van der Waals surface area (Å²) in [4.78, 5) is 10.6. The van der Waals surface area contributed by atoms with E-state index in [1.54, 1.807) is 11.3 Å². The fourth-order valence-electron chi connectivity index (χ4n) is 3.12. The van der Waals surface area contributed by atoms with Gasteiger partial charge in [-0.05, 0) is 44.7 Å². The van der Waals surface area contributed by atoms with Gasteiger partial charge < -0.3 is 9.80 Å². The SMILES string of the molecule is Cc1nc(N(C)C2CN(c3cc4c(nn3)CCC4)C2)sc1C. The van der Waals surface area contributed by atoms with Crippen molar-refractivity contribution in [2.45, 2.75) is 39.2 Å². The van der Waals surface area contributed by atoms with Gasteiger partial charge in [-0.15, -0.1) is 16.4 Å². The number of anilines is 2. The third kappa shape index (κ3) is 2.26. The van der Waals surface area contributed by atoms with Crippen molar-refractivity contribution in [3.05, 3.63) is 27.9 Å². The molecule has 0 saturated carbocycles. The lowest BCUT2D eigenvalue weighted by Gasteiger charge is -2.44. The molecule has 4 rings (SSSR count). The van der Waals surface area contributed by atoms with Crippen LogP contribution in [0.2, 0.25) is 0 Å². The van der Waals surface area contributed by atoms with Crippen molar-refractivity contribution in [1.29, 1.82) is 0 Å². The summed E-state index contributed by atoms with van der Waals surface area (Å²) in [5.41, 5.74) is 3.74. The molecular weight excluding hydrogens is 294 g/mol. The zero-order chi connectivity index (χ0) is 15.3. The van der Waals surface area contributed by atoms with E-state index in [1.165, 1.54) is 22.6 Å². The average Bonchev–Trinajstić information content (AvgIpc) is 3.04. The van der Waals surface area contributed by atoms with E-state index >= 15 is 0 Å². The van der Waals surface area contributed by atoms with Crippen molar-refractivity contribution in [2.75, 3.05) is 29.9 Å². The van der Waals surface area contributed by atoms with Crippen molar-refractivity contribution in [1.82, 2.24) is 15.2 Å². The van der Waals surface area contributed by atoms with Crippen LogP contribution in [0.5, 0.6) is 0 Å². The molecule has 1 aliphatic carbocycles.